The summed E-state index contributed by atoms with van der Waals surface area (Å²) in [5.74, 6) is -0.985. The number of carbonyl (C=O) groups is 1. The van der Waals surface area contributed by atoms with E-state index < -0.39 is 11.5 Å². The average molecular weight is 245 g/mol. The Morgan fingerprint density at radius 3 is 2.89 bits per heavy atom. The molecule has 0 saturated carbocycles. The summed E-state index contributed by atoms with van der Waals surface area (Å²) in [6.45, 7) is 0.964. The second kappa shape index (κ2) is 4.67. The van der Waals surface area contributed by atoms with Gasteiger partial charge in [0.25, 0.3) is 0 Å². The third kappa shape index (κ3) is 2.15. The lowest BCUT2D eigenvalue weighted by molar-refractivity contribution is -0.143. The first-order valence-corrected chi connectivity index (χ1v) is 5.83. The minimum Gasteiger partial charge on any atom is -0.480 e. The normalized spacial score (nSPS) is 23.4. The van der Waals surface area contributed by atoms with E-state index >= 15 is 0 Å². The molecule has 0 amide bonds. The molecule has 1 heterocycles. The molecule has 1 aliphatic rings. The van der Waals surface area contributed by atoms with E-state index in [1.807, 2.05) is 17.0 Å². The third-order valence-corrected chi connectivity index (χ3v) is 3.32. The van der Waals surface area contributed by atoms with Crippen molar-refractivity contribution in [3.63, 3.8) is 0 Å². The highest BCUT2D eigenvalue weighted by molar-refractivity contribution is 5.80. The number of aliphatic carboxylic acids is 1. The van der Waals surface area contributed by atoms with Crippen LogP contribution in [0.5, 0.6) is 0 Å². The molecule has 1 aromatic rings. The summed E-state index contributed by atoms with van der Waals surface area (Å²) in [5.41, 5.74) is 5.98. The molecular formula is C13H15N3O2. The minimum absolute atomic E-state index is 0.237. The Morgan fingerprint density at radius 1 is 1.50 bits per heavy atom. The van der Waals surface area contributed by atoms with Crippen LogP contribution in [0, 0.1) is 11.3 Å². The lowest BCUT2D eigenvalue weighted by Crippen LogP contribution is -2.59. The number of nitrogens with zero attached hydrogens (tertiary/aromatic N) is 2. The second-order valence-electron chi connectivity index (χ2n) is 4.62. The Labute approximate surface area is 105 Å². The zero-order valence-electron chi connectivity index (χ0n) is 9.97. The van der Waals surface area contributed by atoms with Gasteiger partial charge in [0.1, 0.15) is 11.6 Å². The van der Waals surface area contributed by atoms with E-state index in [4.69, 9.17) is 11.0 Å². The minimum atomic E-state index is -1.22. The summed E-state index contributed by atoms with van der Waals surface area (Å²) >= 11 is 0. The van der Waals surface area contributed by atoms with Gasteiger partial charge in [0.15, 0.2) is 0 Å². The second-order valence-corrected chi connectivity index (χ2v) is 4.62. The molecule has 1 unspecified atom stereocenters. The number of rotatable bonds is 2. The van der Waals surface area contributed by atoms with Crippen molar-refractivity contribution in [3.05, 3.63) is 29.8 Å². The SMILES string of the molecule is N#Cc1ccccc1N1CCCC(N)(C(=O)O)C1. The van der Waals surface area contributed by atoms with Crippen LogP contribution in [0.1, 0.15) is 18.4 Å². The Morgan fingerprint density at radius 2 is 2.22 bits per heavy atom. The molecule has 0 aliphatic carbocycles. The van der Waals surface area contributed by atoms with Gasteiger partial charge >= 0.3 is 5.97 Å². The molecule has 0 spiro atoms. The van der Waals surface area contributed by atoms with Crippen LogP contribution in [0.2, 0.25) is 0 Å². The zero-order chi connectivity index (χ0) is 13.2. The van der Waals surface area contributed by atoms with Gasteiger partial charge in [-0.1, -0.05) is 12.1 Å². The van der Waals surface area contributed by atoms with Crippen molar-refractivity contribution in [2.45, 2.75) is 18.4 Å². The number of hydrogen-bond donors (Lipinski definition) is 2. The van der Waals surface area contributed by atoms with Crippen LogP contribution >= 0.6 is 0 Å². The highest BCUT2D eigenvalue weighted by Gasteiger charge is 2.39. The molecule has 5 heteroatoms. The maximum absolute atomic E-state index is 11.2. The molecule has 0 aromatic heterocycles. The van der Waals surface area contributed by atoms with Gasteiger partial charge < -0.3 is 15.7 Å². The fraction of sp³-hybridized carbons (Fsp3) is 0.385. The zero-order valence-corrected chi connectivity index (χ0v) is 9.97. The molecule has 0 bridgehead atoms. The Balaban J connectivity index is 2.29. The fourth-order valence-electron chi connectivity index (χ4n) is 2.31. The van der Waals surface area contributed by atoms with Crippen LogP contribution in [0.3, 0.4) is 0 Å². The first-order chi connectivity index (χ1) is 8.57. The van der Waals surface area contributed by atoms with Crippen LogP contribution in [0.25, 0.3) is 0 Å². The standard InChI is InChI=1S/C13H15N3O2/c14-8-10-4-1-2-5-11(10)16-7-3-6-13(15,9-16)12(17)18/h1-2,4-5H,3,6-7,9,15H2,(H,17,18). The van der Waals surface area contributed by atoms with E-state index in [1.165, 1.54) is 0 Å². The van der Waals surface area contributed by atoms with Gasteiger partial charge in [-0.2, -0.15) is 5.26 Å². The van der Waals surface area contributed by atoms with E-state index in [0.29, 0.717) is 18.4 Å². The largest absolute Gasteiger partial charge is 0.480 e. The third-order valence-electron chi connectivity index (χ3n) is 3.32. The summed E-state index contributed by atoms with van der Waals surface area (Å²) in [7, 11) is 0. The summed E-state index contributed by atoms with van der Waals surface area (Å²) in [4.78, 5) is 13.1. The molecule has 2 rings (SSSR count). The lowest BCUT2D eigenvalue weighted by Gasteiger charge is -2.38. The van der Waals surface area contributed by atoms with Crippen molar-refractivity contribution in [1.82, 2.24) is 0 Å². The number of hydrogen-bond acceptors (Lipinski definition) is 4. The monoisotopic (exact) mass is 245 g/mol. The van der Waals surface area contributed by atoms with Gasteiger partial charge in [-0.25, -0.2) is 0 Å². The first kappa shape index (κ1) is 12.4. The van der Waals surface area contributed by atoms with Gasteiger partial charge in [0.05, 0.1) is 11.3 Å². The summed E-state index contributed by atoms with van der Waals surface area (Å²) in [5, 5.41) is 18.2. The number of nitrogens with two attached hydrogens (primary N) is 1. The van der Waals surface area contributed by atoms with Crippen LogP contribution in [-0.2, 0) is 4.79 Å². The predicted molar refractivity (Wildman–Crippen MR) is 67.2 cm³/mol. The van der Waals surface area contributed by atoms with Crippen LogP contribution in [0.4, 0.5) is 5.69 Å². The quantitative estimate of drug-likeness (QED) is 0.809. The summed E-state index contributed by atoms with van der Waals surface area (Å²) in [6, 6.07) is 9.30. The van der Waals surface area contributed by atoms with Gasteiger partial charge in [-0.15, -0.1) is 0 Å². The van der Waals surface area contributed by atoms with Crippen molar-refractivity contribution in [1.29, 1.82) is 5.26 Å². The Hall–Kier alpha value is -2.06. The number of para-hydroxylation sites is 1. The van der Waals surface area contributed by atoms with Gasteiger partial charge in [-0.05, 0) is 25.0 Å². The van der Waals surface area contributed by atoms with Crippen LogP contribution in [-0.4, -0.2) is 29.7 Å². The fourth-order valence-corrected chi connectivity index (χ4v) is 2.31. The molecule has 1 atom stereocenters. The van der Waals surface area contributed by atoms with Crippen molar-refractivity contribution in [2.75, 3.05) is 18.0 Å². The molecule has 1 aromatic carbocycles. The van der Waals surface area contributed by atoms with E-state index in [-0.39, 0.29) is 6.54 Å². The van der Waals surface area contributed by atoms with E-state index in [9.17, 15) is 9.90 Å². The van der Waals surface area contributed by atoms with Gasteiger partial charge in [-0.3, -0.25) is 4.79 Å². The Bertz CT molecular complexity index is 509. The van der Waals surface area contributed by atoms with Crippen molar-refractivity contribution >= 4 is 11.7 Å². The van der Waals surface area contributed by atoms with E-state index in [1.54, 1.807) is 12.1 Å². The molecule has 5 nitrogen and oxygen atoms in total. The summed E-state index contributed by atoms with van der Waals surface area (Å²) in [6.07, 6.45) is 1.18. The lowest BCUT2D eigenvalue weighted by atomic mass is 9.89. The first-order valence-electron chi connectivity index (χ1n) is 5.83. The number of nitriles is 1. The number of benzene rings is 1. The van der Waals surface area contributed by atoms with Gasteiger partial charge in [0.2, 0.25) is 0 Å². The van der Waals surface area contributed by atoms with Crippen molar-refractivity contribution in [2.24, 2.45) is 5.73 Å². The molecule has 94 valence electrons. The Kier molecular flexibility index (Phi) is 3.21. The highest BCUT2D eigenvalue weighted by Crippen LogP contribution is 2.27. The number of piperidine rings is 1. The molecule has 1 saturated heterocycles. The van der Waals surface area contributed by atoms with Crippen LogP contribution in [0.15, 0.2) is 24.3 Å². The van der Waals surface area contributed by atoms with E-state index in [2.05, 4.69) is 6.07 Å². The summed E-state index contributed by atoms with van der Waals surface area (Å²) < 4.78 is 0. The van der Waals surface area contributed by atoms with Gasteiger partial charge in [0, 0.05) is 13.1 Å². The molecule has 18 heavy (non-hydrogen) atoms. The van der Waals surface area contributed by atoms with E-state index in [0.717, 1.165) is 12.2 Å². The molecule has 1 fully saturated rings. The smallest absolute Gasteiger partial charge is 0.325 e. The topological polar surface area (TPSA) is 90.4 Å². The maximum Gasteiger partial charge on any atom is 0.325 e. The molecule has 1 aliphatic heterocycles. The number of carboxylic acids is 1. The predicted octanol–water partition coefficient (Wildman–Crippen LogP) is 0.941. The molecule has 3 N–H and O–H groups in total. The maximum atomic E-state index is 11.2. The highest BCUT2D eigenvalue weighted by atomic mass is 16.4. The molecule has 0 radical (unpaired) electrons. The average Bonchev–Trinajstić information content (AvgIpc) is 2.38. The number of carboxylic acid groups (broad SMARTS) is 1. The van der Waals surface area contributed by atoms with Crippen molar-refractivity contribution in [3.8, 4) is 6.07 Å². The molecular weight excluding hydrogens is 230 g/mol. The number of anilines is 1. The van der Waals surface area contributed by atoms with Crippen molar-refractivity contribution < 1.29 is 9.90 Å². The van der Waals surface area contributed by atoms with Crippen LogP contribution < -0.4 is 10.6 Å².